The van der Waals surface area contributed by atoms with Crippen LogP contribution in [0.25, 0.3) is 0 Å². The van der Waals surface area contributed by atoms with E-state index in [-0.39, 0.29) is 0 Å². The smallest absolute Gasteiger partial charge is 0.288 e. The van der Waals surface area contributed by atoms with Crippen LogP contribution in [-0.2, 0) is 0 Å². The van der Waals surface area contributed by atoms with Crippen molar-refractivity contribution in [3.63, 3.8) is 0 Å². The third-order valence-electron chi connectivity index (χ3n) is 4.50. The summed E-state index contributed by atoms with van der Waals surface area (Å²) in [5, 5.41) is 3.37. The Morgan fingerprint density at radius 1 is 1.20 bits per heavy atom. The molecular weight excluding hydrogens is 278 g/mol. The van der Waals surface area contributed by atoms with E-state index in [1.807, 2.05) is 31.3 Å². The molecule has 2 fully saturated rings. The average molecular weight is 298 g/mol. The molecule has 0 radical (unpaired) electrons. The zero-order valence-electron chi connectivity index (χ0n) is 11.6. The van der Waals surface area contributed by atoms with Crippen molar-refractivity contribution in [2.24, 2.45) is 0 Å². The second kappa shape index (κ2) is 5.90. The summed E-state index contributed by atoms with van der Waals surface area (Å²) in [5.74, 6) is -2.36. The summed E-state index contributed by atoms with van der Waals surface area (Å²) >= 11 is 0.666. The quantitative estimate of drug-likeness (QED) is 0.853. The minimum Gasteiger partial charge on any atom is -0.365 e. The van der Waals surface area contributed by atoms with Crippen molar-refractivity contribution in [3.8, 4) is 0 Å². The summed E-state index contributed by atoms with van der Waals surface area (Å²) in [6.07, 6.45) is 4.58. The van der Waals surface area contributed by atoms with Crippen LogP contribution in [0.3, 0.4) is 0 Å². The van der Waals surface area contributed by atoms with E-state index in [1.165, 1.54) is 12.8 Å². The van der Waals surface area contributed by atoms with Crippen molar-refractivity contribution in [1.29, 1.82) is 0 Å². The Morgan fingerprint density at radius 3 is 2.45 bits per heavy atom. The normalized spacial score (nSPS) is 29.2. The lowest BCUT2D eigenvalue weighted by Gasteiger charge is -2.41. The molecule has 0 spiro atoms. The van der Waals surface area contributed by atoms with Gasteiger partial charge in [0.25, 0.3) is 5.76 Å². The van der Waals surface area contributed by atoms with Crippen molar-refractivity contribution < 1.29 is 8.78 Å². The molecule has 2 unspecified atom stereocenters. The average Bonchev–Trinajstić information content (AvgIpc) is 2.69. The number of nitrogens with one attached hydrogen (secondary N) is 1. The maximum atomic E-state index is 12.7. The number of anilines is 1. The van der Waals surface area contributed by atoms with E-state index in [2.05, 4.69) is 10.2 Å². The highest BCUT2D eigenvalue weighted by Gasteiger charge is 2.41. The van der Waals surface area contributed by atoms with Crippen LogP contribution in [0, 0.1) is 0 Å². The molecular formula is C15H20F2N2S. The molecule has 1 aromatic carbocycles. The Labute approximate surface area is 122 Å². The van der Waals surface area contributed by atoms with Crippen molar-refractivity contribution in [3.05, 3.63) is 24.3 Å². The number of piperidine rings is 1. The number of fused-ring (bicyclic) bond motifs is 2. The van der Waals surface area contributed by atoms with Crippen LogP contribution in [0.5, 0.6) is 0 Å². The Kier molecular flexibility index (Phi) is 4.17. The van der Waals surface area contributed by atoms with Gasteiger partial charge in [-0.25, -0.2) is 0 Å². The van der Waals surface area contributed by atoms with Crippen molar-refractivity contribution >= 4 is 17.4 Å². The number of hydrogen-bond donors (Lipinski definition) is 1. The van der Waals surface area contributed by atoms with Gasteiger partial charge in [-0.2, -0.15) is 8.78 Å². The number of alkyl halides is 2. The van der Waals surface area contributed by atoms with Gasteiger partial charge in [0.15, 0.2) is 0 Å². The molecule has 2 nitrogen and oxygen atoms in total. The zero-order chi connectivity index (χ0) is 14.1. The number of thioether (sulfide) groups is 1. The van der Waals surface area contributed by atoms with Crippen molar-refractivity contribution in [2.45, 2.75) is 54.5 Å². The van der Waals surface area contributed by atoms with E-state index in [4.69, 9.17) is 0 Å². The van der Waals surface area contributed by atoms with E-state index in [1.54, 1.807) is 0 Å². The number of benzene rings is 1. The minimum absolute atomic E-state index is 0.491. The molecule has 20 heavy (non-hydrogen) atoms. The lowest BCUT2D eigenvalue weighted by Crippen LogP contribution is -2.48. The van der Waals surface area contributed by atoms with E-state index in [0.717, 1.165) is 18.5 Å². The number of para-hydroxylation sites is 1. The summed E-state index contributed by atoms with van der Waals surface area (Å²) in [6.45, 7) is 0. The fourth-order valence-corrected chi connectivity index (χ4v) is 4.32. The largest absolute Gasteiger partial charge is 0.365 e. The Balaban J connectivity index is 1.87. The number of rotatable bonds is 4. The third-order valence-corrected chi connectivity index (χ3v) is 5.28. The maximum absolute atomic E-state index is 12.7. The van der Waals surface area contributed by atoms with Gasteiger partial charge in [0.2, 0.25) is 0 Å². The van der Waals surface area contributed by atoms with Gasteiger partial charge >= 0.3 is 0 Å². The first-order chi connectivity index (χ1) is 9.69. The van der Waals surface area contributed by atoms with Gasteiger partial charge < -0.3 is 10.2 Å². The summed E-state index contributed by atoms with van der Waals surface area (Å²) < 4.78 is 25.5. The maximum Gasteiger partial charge on any atom is 0.288 e. The van der Waals surface area contributed by atoms with Crippen LogP contribution in [0.2, 0.25) is 0 Å². The standard InChI is InChI=1S/C15H20F2N2S/c1-18-10-8-11-6-7-12(9-10)19(11)13-4-2-3-5-14(13)20-15(16)17/h2-5,10-12,15,18H,6-9H2,1H3. The Hall–Kier alpha value is -0.810. The van der Waals surface area contributed by atoms with Crippen molar-refractivity contribution in [1.82, 2.24) is 5.32 Å². The second-order valence-corrected chi connectivity index (χ2v) is 6.63. The molecule has 0 saturated carbocycles. The van der Waals surface area contributed by atoms with Gasteiger partial charge in [-0.05, 0) is 44.9 Å². The van der Waals surface area contributed by atoms with Gasteiger partial charge in [0.05, 0.1) is 5.69 Å². The highest BCUT2D eigenvalue weighted by molar-refractivity contribution is 7.99. The summed E-state index contributed by atoms with van der Waals surface area (Å²) in [4.78, 5) is 3.11. The molecule has 1 aromatic rings. The van der Waals surface area contributed by atoms with Crippen LogP contribution >= 0.6 is 11.8 Å². The summed E-state index contributed by atoms with van der Waals surface area (Å²) in [7, 11) is 2.01. The molecule has 2 saturated heterocycles. The molecule has 3 rings (SSSR count). The molecule has 5 heteroatoms. The molecule has 0 aliphatic carbocycles. The summed E-state index contributed by atoms with van der Waals surface area (Å²) in [5.41, 5.74) is 1.000. The first-order valence-electron chi connectivity index (χ1n) is 7.18. The predicted octanol–water partition coefficient (Wildman–Crippen LogP) is 3.72. The molecule has 2 aliphatic heterocycles. The number of halogens is 2. The lowest BCUT2D eigenvalue weighted by atomic mass is 9.97. The second-order valence-electron chi connectivity index (χ2n) is 5.60. The van der Waals surface area contributed by atoms with Gasteiger partial charge in [-0.1, -0.05) is 23.9 Å². The topological polar surface area (TPSA) is 15.3 Å². The molecule has 2 bridgehead atoms. The number of nitrogens with zero attached hydrogens (tertiary/aromatic N) is 1. The van der Waals surface area contributed by atoms with E-state index < -0.39 is 5.76 Å². The Bertz CT molecular complexity index is 455. The van der Waals surface area contributed by atoms with Crippen molar-refractivity contribution in [2.75, 3.05) is 11.9 Å². The van der Waals surface area contributed by atoms with E-state index in [9.17, 15) is 8.78 Å². The van der Waals surface area contributed by atoms with Gasteiger partial charge in [0, 0.05) is 23.0 Å². The molecule has 2 heterocycles. The van der Waals surface area contributed by atoms with Crippen LogP contribution in [0.15, 0.2) is 29.2 Å². The lowest BCUT2D eigenvalue weighted by molar-refractivity contribution is 0.252. The van der Waals surface area contributed by atoms with Gasteiger partial charge in [0.1, 0.15) is 0 Å². The van der Waals surface area contributed by atoms with Gasteiger partial charge in [-0.15, -0.1) is 0 Å². The first-order valence-corrected chi connectivity index (χ1v) is 8.06. The molecule has 0 amide bonds. The van der Waals surface area contributed by atoms with E-state index in [0.29, 0.717) is 34.8 Å². The first kappa shape index (κ1) is 14.1. The molecule has 110 valence electrons. The van der Waals surface area contributed by atoms with Crippen LogP contribution in [-0.4, -0.2) is 30.9 Å². The van der Waals surface area contributed by atoms with Crippen LogP contribution in [0.4, 0.5) is 14.5 Å². The molecule has 2 aliphatic rings. The predicted molar refractivity (Wildman–Crippen MR) is 79.7 cm³/mol. The highest BCUT2D eigenvalue weighted by Crippen LogP contribution is 2.43. The number of hydrogen-bond acceptors (Lipinski definition) is 3. The minimum atomic E-state index is -2.36. The van der Waals surface area contributed by atoms with E-state index >= 15 is 0 Å². The monoisotopic (exact) mass is 298 g/mol. The zero-order valence-corrected chi connectivity index (χ0v) is 12.4. The highest BCUT2D eigenvalue weighted by atomic mass is 32.2. The van der Waals surface area contributed by atoms with Crippen LogP contribution in [0.1, 0.15) is 25.7 Å². The SMILES string of the molecule is CNC1CC2CCC(C1)N2c1ccccc1SC(F)F. The fourth-order valence-electron chi connectivity index (χ4n) is 3.67. The van der Waals surface area contributed by atoms with Crippen LogP contribution < -0.4 is 10.2 Å². The molecule has 2 atom stereocenters. The van der Waals surface area contributed by atoms with Gasteiger partial charge in [-0.3, -0.25) is 0 Å². The third kappa shape index (κ3) is 2.66. The Morgan fingerprint density at radius 2 is 1.85 bits per heavy atom. The molecule has 1 N–H and O–H groups in total. The summed E-state index contributed by atoms with van der Waals surface area (Å²) in [6, 6.07) is 9.16. The molecule has 0 aromatic heterocycles. The fraction of sp³-hybridized carbons (Fsp3) is 0.600.